The minimum Gasteiger partial charge on any atom is -0.496 e. The minimum absolute atomic E-state index is 0.0353. The van der Waals surface area contributed by atoms with Crippen LogP contribution in [0.15, 0.2) is 35.4 Å². The molecule has 0 amide bonds. The maximum atomic E-state index is 10.9. The minimum atomic E-state index is -0.419. The molecule has 0 aliphatic carbocycles. The van der Waals surface area contributed by atoms with E-state index in [1.807, 2.05) is 36.4 Å². The largest absolute Gasteiger partial charge is 0.496 e. The molecule has 122 valence electrons. The maximum Gasteiger partial charge on any atom is 0.290 e. The van der Waals surface area contributed by atoms with Crippen LogP contribution in [0.25, 0.3) is 0 Å². The molecule has 0 atom stereocenters. The van der Waals surface area contributed by atoms with E-state index in [9.17, 15) is 10.1 Å². The highest BCUT2D eigenvalue weighted by Crippen LogP contribution is 2.29. The number of nitro groups is 1. The highest BCUT2D eigenvalue weighted by Gasteiger charge is 2.14. The molecule has 0 radical (unpaired) electrons. The fourth-order valence-electron chi connectivity index (χ4n) is 2.27. The van der Waals surface area contributed by atoms with Crippen LogP contribution in [0.1, 0.15) is 11.1 Å². The first-order valence-electron chi connectivity index (χ1n) is 6.99. The highest BCUT2D eigenvalue weighted by molar-refractivity contribution is 7.98. The van der Waals surface area contributed by atoms with Crippen molar-refractivity contribution in [3.63, 3.8) is 0 Å². The van der Waals surface area contributed by atoms with E-state index < -0.39 is 4.92 Å². The van der Waals surface area contributed by atoms with Gasteiger partial charge in [-0.1, -0.05) is 6.07 Å². The van der Waals surface area contributed by atoms with Gasteiger partial charge in [-0.2, -0.15) is 0 Å². The molecule has 0 aliphatic rings. The summed E-state index contributed by atoms with van der Waals surface area (Å²) in [7, 11) is 3.56. The highest BCUT2D eigenvalue weighted by atomic mass is 32.2. The topological polar surface area (TPSA) is 68.5 Å². The zero-order chi connectivity index (χ0) is 17.0. The summed E-state index contributed by atoms with van der Waals surface area (Å²) in [4.78, 5) is 17.7. The van der Waals surface area contributed by atoms with Crippen molar-refractivity contribution in [1.82, 2.24) is 4.98 Å². The molecule has 0 unspecified atom stereocenters. The number of aromatic nitrogens is 1. The molecule has 7 heteroatoms. The molecule has 1 aromatic heterocycles. The predicted molar refractivity (Wildman–Crippen MR) is 92.5 cm³/mol. The van der Waals surface area contributed by atoms with Crippen LogP contribution in [0, 0.1) is 17.0 Å². The van der Waals surface area contributed by atoms with Crippen LogP contribution in [-0.2, 0) is 6.54 Å². The summed E-state index contributed by atoms with van der Waals surface area (Å²) in [6.07, 6.45) is 3.31. The van der Waals surface area contributed by atoms with Gasteiger partial charge in [0.15, 0.2) is 0 Å². The molecule has 6 nitrogen and oxygen atoms in total. The second-order valence-electron chi connectivity index (χ2n) is 5.13. The number of nitrogens with zero attached hydrogens (tertiary/aromatic N) is 3. The SMILES string of the molecule is COc1cc(CN(C)c2cc(C)c([N+](=O)[O-])cn2)ccc1SC. The smallest absolute Gasteiger partial charge is 0.290 e. The van der Waals surface area contributed by atoms with Crippen LogP contribution < -0.4 is 9.64 Å². The summed E-state index contributed by atoms with van der Waals surface area (Å²) >= 11 is 1.64. The number of thioether (sulfide) groups is 1. The summed E-state index contributed by atoms with van der Waals surface area (Å²) in [5, 5.41) is 10.9. The maximum absolute atomic E-state index is 10.9. The Morgan fingerprint density at radius 2 is 2.13 bits per heavy atom. The quantitative estimate of drug-likeness (QED) is 0.456. The number of rotatable bonds is 6. The monoisotopic (exact) mass is 333 g/mol. The van der Waals surface area contributed by atoms with Crippen LogP contribution >= 0.6 is 11.8 Å². The van der Waals surface area contributed by atoms with E-state index in [-0.39, 0.29) is 5.69 Å². The lowest BCUT2D eigenvalue weighted by Crippen LogP contribution is -2.18. The van der Waals surface area contributed by atoms with Crippen molar-refractivity contribution in [1.29, 1.82) is 0 Å². The van der Waals surface area contributed by atoms with Crippen LogP contribution in [-0.4, -0.2) is 30.3 Å². The third kappa shape index (κ3) is 3.92. The standard InChI is InChI=1S/C16H19N3O3S/c1-11-7-16(17-9-13(11)19(20)21)18(2)10-12-5-6-15(23-4)14(8-12)22-3/h5-9H,10H2,1-4H3. The Balaban J connectivity index is 2.20. The molecule has 0 fully saturated rings. The van der Waals surface area contributed by atoms with Crippen LogP contribution in [0.5, 0.6) is 5.75 Å². The van der Waals surface area contributed by atoms with Gasteiger partial charge in [-0.25, -0.2) is 4.98 Å². The fraction of sp³-hybridized carbons (Fsp3) is 0.312. The molecule has 2 aromatic rings. The van der Waals surface area contributed by atoms with Crippen molar-refractivity contribution < 1.29 is 9.66 Å². The van der Waals surface area contributed by atoms with Gasteiger partial charge in [-0.05, 0) is 36.9 Å². The Morgan fingerprint density at radius 1 is 1.39 bits per heavy atom. The first kappa shape index (κ1) is 17.1. The predicted octanol–water partition coefficient (Wildman–Crippen LogP) is 3.67. The fourth-order valence-corrected chi connectivity index (χ4v) is 2.82. The van der Waals surface area contributed by atoms with E-state index in [2.05, 4.69) is 4.98 Å². The van der Waals surface area contributed by atoms with Crippen LogP contribution in [0.3, 0.4) is 0 Å². The van der Waals surface area contributed by atoms with Gasteiger partial charge in [-0.15, -0.1) is 11.8 Å². The van der Waals surface area contributed by atoms with Crippen molar-refractivity contribution in [3.8, 4) is 5.75 Å². The number of anilines is 1. The Morgan fingerprint density at radius 3 is 2.70 bits per heavy atom. The molecule has 0 saturated carbocycles. The normalized spacial score (nSPS) is 10.4. The number of aryl methyl sites for hydroxylation is 1. The number of hydrogen-bond donors (Lipinski definition) is 0. The Labute approximate surface area is 139 Å². The Kier molecular flexibility index (Phi) is 5.44. The van der Waals surface area contributed by atoms with Gasteiger partial charge in [-0.3, -0.25) is 10.1 Å². The van der Waals surface area contributed by atoms with E-state index in [4.69, 9.17) is 4.74 Å². The van der Waals surface area contributed by atoms with Gasteiger partial charge in [0.2, 0.25) is 0 Å². The van der Waals surface area contributed by atoms with Gasteiger partial charge in [0, 0.05) is 24.1 Å². The van der Waals surface area contributed by atoms with Crippen molar-refractivity contribution in [3.05, 3.63) is 51.7 Å². The summed E-state index contributed by atoms with van der Waals surface area (Å²) < 4.78 is 5.40. The first-order chi connectivity index (χ1) is 11.0. The molecule has 1 heterocycles. The van der Waals surface area contributed by atoms with Gasteiger partial charge < -0.3 is 9.64 Å². The van der Waals surface area contributed by atoms with Gasteiger partial charge in [0.1, 0.15) is 17.8 Å². The van der Waals surface area contributed by atoms with Crippen molar-refractivity contribution in [2.45, 2.75) is 18.4 Å². The van der Waals surface area contributed by atoms with Gasteiger partial charge in [0.05, 0.1) is 12.0 Å². The Bertz CT molecular complexity index is 722. The average Bonchev–Trinajstić information content (AvgIpc) is 2.54. The van der Waals surface area contributed by atoms with Gasteiger partial charge >= 0.3 is 0 Å². The number of methoxy groups -OCH3 is 1. The molecule has 1 aromatic carbocycles. The number of pyridine rings is 1. The molecule has 2 rings (SSSR count). The van der Waals surface area contributed by atoms with E-state index in [1.165, 1.54) is 6.20 Å². The molecule has 0 aliphatic heterocycles. The van der Waals surface area contributed by atoms with Crippen molar-refractivity contribution >= 4 is 23.3 Å². The summed E-state index contributed by atoms with van der Waals surface area (Å²) in [6.45, 7) is 2.35. The van der Waals surface area contributed by atoms with E-state index >= 15 is 0 Å². The number of benzene rings is 1. The van der Waals surface area contributed by atoms with Gasteiger partial charge in [0.25, 0.3) is 5.69 Å². The van der Waals surface area contributed by atoms with Crippen LogP contribution in [0.4, 0.5) is 11.5 Å². The average molecular weight is 333 g/mol. The summed E-state index contributed by atoms with van der Waals surface area (Å²) in [5.41, 5.74) is 1.72. The van der Waals surface area contributed by atoms with E-state index in [0.717, 1.165) is 16.2 Å². The van der Waals surface area contributed by atoms with E-state index in [0.29, 0.717) is 17.9 Å². The second kappa shape index (κ2) is 7.32. The molecule has 23 heavy (non-hydrogen) atoms. The lowest BCUT2D eigenvalue weighted by molar-refractivity contribution is -0.385. The number of hydrogen-bond acceptors (Lipinski definition) is 6. The molecule has 0 N–H and O–H groups in total. The van der Waals surface area contributed by atoms with Crippen molar-refractivity contribution in [2.75, 3.05) is 25.3 Å². The van der Waals surface area contributed by atoms with Crippen molar-refractivity contribution in [2.24, 2.45) is 0 Å². The summed E-state index contributed by atoms with van der Waals surface area (Å²) in [6, 6.07) is 7.80. The second-order valence-corrected chi connectivity index (χ2v) is 5.98. The lowest BCUT2D eigenvalue weighted by Gasteiger charge is -2.19. The summed E-state index contributed by atoms with van der Waals surface area (Å²) in [5.74, 6) is 1.54. The number of ether oxygens (including phenoxy) is 1. The molecule has 0 bridgehead atoms. The third-order valence-corrected chi connectivity index (χ3v) is 4.30. The zero-order valence-electron chi connectivity index (χ0n) is 13.6. The Hall–Kier alpha value is -2.28. The zero-order valence-corrected chi connectivity index (χ0v) is 14.4. The first-order valence-corrected chi connectivity index (χ1v) is 8.21. The molecule has 0 spiro atoms. The third-order valence-electron chi connectivity index (χ3n) is 3.52. The molecular formula is C16H19N3O3S. The molecule has 0 saturated heterocycles. The lowest BCUT2D eigenvalue weighted by atomic mass is 10.2. The molecular weight excluding hydrogens is 314 g/mol. The van der Waals surface area contributed by atoms with E-state index in [1.54, 1.807) is 31.9 Å². The van der Waals surface area contributed by atoms with Crippen LogP contribution in [0.2, 0.25) is 0 Å².